The van der Waals surface area contributed by atoms with Gasteiger partial charge in [0, 0.05) is 11.0 Å². The van der Waals surface area contributed by atoms with Crippen LogP contribution < -0.4 is 5.73 Å². The number of halogens is 1. The monoisotopic (exact) mass is 326 g/mol. The van der Waals surface area contributed by atoms with Gasteiger partial charge in [-0.2, -0.15) is 0 Å². The molecule has 1 unspecified atom stereocenters. The third-order valence-corrected chi connectivity index (χ3v) is 4.55. The Hall–Kier alpha value is -0.780. The Kier molecular flexibility index (Phi) is 4.48. The topological polar surface area (TPSA) is 52.0 Å². The van der Waals surface area contributed by atoms with Crippen LogP contribution in [-0.2, 0) is 0 Å². The van der Waals surface area contributed by atoms with Crippen LogP contribution in [0.4, 0.5) is 0 Å². The van der Waals surface area contributed by atoms with Crippen LogP contribution in [-0.4, -0.2) is 11.5 Å². The maximum atomic E-state index is 5.86. The summed E-state index contributed by atoms with van der Waals surface area (Å²) in [5, 5.41) is 0.814. The summed E-state index contributed by atoms with van der Waals surface area (Å²) in [6.45, 7) is 4.40. The van der Waals surface area contributed by atoms with Crippen molar-refractivity contribution in [2.24, 2.45) is 5.73 Å². The van der Waals surface area contributed by atoms with Gasteiger partial charge < -0.3 is 10.2 Å². The zero-order chi connectivity index (χ0) is 13.1. The first-order valence-electron chi connectivity index (χ1n) is 5.67. The molecule has 18 heavy (non-hydrogen) atoms. The molecule has 96 valence electrons. The molecule has 5 heteroatoms. The lowest BCUT2D eigenvalue weighted by atomic mass is 10.1. The molecule has 0 aliphatic rings. The van der Waals surface area contributed by atoms with E-state index in [4.69, 9.17) is 10.2 Å². The first-order chi connectivity index (χ1) is 8.61. The van der Waals surface area contributed by atoms with Gasteiger partial charge in [0.1, 0.15) is 5.76 Å². The summed E-state index contributed by atoms with van der Waals surface area (Å²) >= 11 is 5.11. The second-order valence-corrected chi connectivity index (χ2v) is 5.99. The number of aryl methyl sites for hydroxylation is 2. The smallest absolute Gasteiger partial charge is 0.256 e. The molecule has 2 rings (SSSR count). The van der Waals surface area contributed by atoms with Crippen molar-refractivity contribution in [3.63, 3.8) is 0 Å². The van der Waals surface area contributed by atoms with E-state index in [0.717, 1.165) is 15.9 Å². The summed E-state index contributed by atoms with van der Waals surface area (Å²) in [6.07, 6.45) is 0. The van der Waals surface area contributed by atoms with Crippen molar-refractivity contribution in [3.8, 4) is 0 Å². The number of nitrogens with two attached hydrogens (primary N) is 1. The highest BCUT2D eigenvalue weighted by Crippen LogP contribution is 2.37. The fraction of sp³-hybridized carbons (Fsp3) is 0.308. The number of rotatable bonds is 4. The molecule has 0 fully saturated rings. The molecule has 0 aliphatic heterocycles. The molecule has 0 bridgehead atoms. The number of oxazole rings is 1. The predicted molar refractivity (Wildman–Crippen MR) is 77.8 cm³/mol. The van der Waals surface area contributed by atoms with Gasteiger partial charge in [-0.25, -0.2) is 4.98 Å². The van der Waals surface area contributed by atoms with E-state index < -0.39 is 0 Å². The minimum Gasteiger partial charge on any atom is -0.437 e. The van der Waals surface area contributed by atoms with Crippen LogP contribution in [0.1, 0.15) is 22.3 Å². The van der Waals surface area contributed by atoms with Crippen LogP contribution in [0, 0.1) is 13.8 Å². The fourth-order valence-corrected chi connectivity index (χ4v) is 3.34. The Morgan fingerprint density at radius 2 is 2.11 bits per heavy atom. The average molecular weight is 327 g/mol. The summed E-state index contributed by atoms with van der Waals surface area (Å²) in [6, 6.07) is 8.09. The summed E-state index contributed by atoms with van der Waals surface area (Å²) < 4.78 is 6.65. The lowest BCUT2D eigenvalue weighted by Crippen LogP contribution is -2.09. The lowest BCUT2D eigenvalue weighted by Gasteiger charge is -2.14. The van der Waals surface area contributed by atoms with Crippen LogP contribution >= 0.6 is 27.7 Å². The number of hydrogen-bond donors (Lipinski definition) is 1. The fourth-order valence-electron chi connectivity index (χ4n) is 1.59. The molecule has 0 aliphatic carbocycles. The molecule has 0 spiro atoms. The van der Waals surface area contributed by atoms with E-state index >= 15 is 0 Å². The summed E-state index contributed by atoms with van der Waals surface area (Å²) in [5.74, 6) is 0.861. The number of benzene rings is 1. The van der Waals surface area contributed by atoms with Gasteiger partial charge in [-0.15, -0.1) is 0 Å². The quantitative estimate of drug-likeness (QED) is 0.867. The van der Waals surface area contributed by atoms with Crippen molar-refractivity contribution in [1.29, 1.82) is 0 Å². The zero-order valence-electron chi connectivity index (χ0n) is 10.3. The Bertz CT molecular complexity index is 522. The van der Waals surface area contributed by atoms with Crippen molar-refractivity contribution >= 4 is 27.7 Å². The van der Waals surface area contributed by atoms with Crippen LogP contribution in [0.5, 0.6) is 0 Å². The highest BCUT2D eigenvalue weighted by molar-refractivity contribution is 9.10. The van der Waals surface area contributed by atoms with Gasteiger partial charge in [0.05, 0.1) is 10.9 Å². The van der Waals surface area contributed by atoms with Gasteiger partial charge in [-0.1, -0.05) is 45.9 Å². The molecule has 2 aromatic rings. The standard InChI is InChI=1S/C13H15BrN2OS/c1-8-9(2)17-13(16-8)18-12(7-15)10-5-3-4-6-11(10)14/h3-6,12H,7,15H2,1-2H3. The Morgan fingerprint density at radius 1 is 1.39 bits per heavy atom. The van der Waals surface area contributed by atoms with Gasteiger partial charge >= 0.3 is 0 Å². The number of nitrogens with zero attached hydrogens (tertiary/aromatic N) is 1. The van der Waals surface area contributed by atoms with Crippen molar-refractivity contribution in [1.82, 2.24) is 4.98 Å². The maximum Gasteiger partial charge on any atom is 0.256 e. The maximum absolute atomic E-state index is 5.86. The molecule has 1 atom stereocenters. The highest BCUT2D eigenvalue weighted by Gasteiger charge is 2.17. The summed E-state index contributed by atoms with van der Waals surface area (Å²) in [5.41, 5.74) is 7.95. The minimum absolute atomic E-state index is 0.137. The van der Waals surface area contributed by atoms with Crippen molar-refractivity contribution < 1.29 is 4.42 Å². The van der Waals surface area contributed by atoms with Gasteiger partial charge in [-0.05, 0) is 25.5 Å². The SMILES string of the molecule is Cc1nc(SC(CN)c2ccccc2Br)oc1C. The molecule has 0 radical (unpaired) electrons. The molecular formula is C13H15BrN2OS. The highest BCUT2D eigenvalue weighted by atomic mass is 79.9. The van der Waals surface area contributed by atoms with Gasteiger partial charge in [0.2, 0.25) is 0 Å². The van der Waals surface area contributed by atoms with E-state index in [1.165, 1.54) is 5.56 Å². The second kappa shape index (κ2) is 5.91. The largest absolute Gasteiger partial charge is 0.437 e. The number of thioether (sulfide) groups is 1. The van der Waals surface area contributed by atoms with Crippen LogP contribution in [0.25, 0.3) is 0 Å². The number of aromatic nitrogens is 1. The van der Waals surface area contributed by atoms with E-state index in [9.17, 15) is 0 Å². The zero-order valence-corrected chi connectivity index (χ0v) is 12.7. The normalized spacial score (nSPS) is 12.7. The van der Waals surface area contributed by atoms with Gasteiger partial charge in [-0.3, -0.25) is 0 Å². The molecule has 0 saturated carbocycles. The van der Waals surface area contributed by atoms with Crippen molar-refractivity contribution in [3.05, 3.63) is 45.8 Å². The molecule has 2 N–H and O–H groups in total. The molecule has 3 nitrogen and oxygen atoms in total. The second-order valence-electron chi connectivity index (χ2n) is 3.99. The third-order valence-electron chi connectivity index (χ3n) is 2.72. The molecule has 1 aromatic carbocycles. The molecular weight excluding hydrogens is 312 g/mol. The summed E-state index contributed by atoms with van der Waals surface area (Å²) in [7, 11) is 0. The van der Waals surface area contributed by atoms with E-state index in [-0.39, 0.29) is 5.25 Å². The number of hydrogen-bond acceptors (Lipinski definition) is 4. The van der Waals surface area contributed by atoms with E-state index in [1.54, 1.807) is 11.8 Å². The van der Waals surface area contributed by atoms with Crippen molar-refractivity contribution in [2.75, 3.05) is 6.54 Å². The van der Waals surface area contributed by atoms with Crippen LogP contribution in [0.15, 0.2) is 38.4 Å². The molecule has 0 amide bonds. The van der Waals surface area contributed by atoms with E-state index in [1.807, 2.05) is 32.0 Å². The molecule has 0 saturated heterocycles. The van der Waals surface area contributed by atoms with E-state index in [2.05, 4.69) is 27.0 Å². The Labute approximate surface area is 119 Å². The first-order valence-corrected chi connectivity index (χ1v) is 7.34. The summed E-state index contributed by atoms with van der Waals surface area (Å²) in [4.78, 5) is 4.38. The Morgan fingerprint density at radius 3 is 2.67 bits per heavy atom. The minimum atomic E-state index is 0.137. The van der Waals surface area contributed by atoms with E-state index in [0.29, 0.717) is 11.8 Å². The van der Waals surface area contributed by atoms with Crippen molar-refractivity contribution in [2.45, 2.75) is 24.3 Å². The van der Waals surface area contributed by atoms with Gasteiger partial charge in [0.25, 0.3) is 5.22 Å². The molecule has 1 aromatic heterocycles. The Balaban J connectivity index is 2.22. The average Bonchev–Trinajstić information content (AvgIpc) is 2.66. The van der Waals surface area contributed by atoms with Gasteiger partial charge in [0.15, 0.2) is 0 Å². The van der Waals surface area contributed by atoms with Crippen LogP contribution in [0.3, 0.4) is 0 Å². The lowest BCUT2D eigenvalue weighted by molar-refractivity contribution is 0.430. The first kappa shape index (κ1) is 13.6. The molecule has 1 heterocycles. The van der Waals surface area contributed by atoms with Crippen LogP contribution in [0.2, 0.25) is 0 Å². The predicted octanol–water partition coefficient (Wildman–Crippen LogP) is 3.85. The third kappa shape index (κ3) is 2.96.